The van der Waals surface area contributed by atoms with Crippen molar-refractivity contribution in [3.05, 3.63) is 96.1 Å². The highest BCUT2D eigenvalue weighted by molar-refractivity contribution is 8.16. The summed E-state index contributed by atoms with van der Waals surface area (Å²) in [4.78, 5) is 14.7. The number of anilines is 1. The number of rotatable bonds is 5. The molecule has 4 rings (SSSR count). The Labute approximate surface area is 180 Å². The number of sulfonamides is 1. The molecule has 3 aromatic rings. The molecule has 30 heavy (non-hydrogen) atoms. The van der Waals surface area contributed by atoms with Gasteiger partial charge in [-0.25, -0.2) is 0 Å². The Balaban J connectivity index is 1.77. The van der Waals surface area contributed by atoms with Crippen molar-refractivity contribution in [2.24, 2.45) is 4.40 Å². The molecule has 0 bridgehead atoms. The molecule has 1 atom stereocenters. The SMILES string of the molecule is CCc1ccc(S(=O)(=O)/N=C2/SC(c3ccccc3)C(=O)N2c2ccccc2)cc1. The molecule has 0 spiro atoms. The fourth-order valence-corrected chi connectivity index (χ4v) is 5.54. The molecule has 1 aliphatic heterocycles. The minimum Gasteiger partial charge on any atom is -0.272 e. The van der Waals surface area contributed by atoms with E-state index in [1.54, 1.807) is 48.5 Å². The summed E-state index contributed by atoms with van der Waals surface area (Å²) in [6, 6.07) is 25.0. The average molecular weight is 437 g/mol. The number of carbonyl (C=O) groups is 1. The van der Waals surface area contributed by atoms with Gasteiger partial charge in [-0.1, -0.05) is 79.3 Å². The van der Waals surface area contributed by atoms with Crippen LogP contribution in [0.4, 0.5) is 5.69 Å². The number of nitrogens with zero attached hydrogens (tertiary/aromatic N) is 2. The molecule has 1 fully saturated rings. The molecule has 152 valence electrons. The van der Waals surface area contributed by atoms with E-state index in [1.807, 2.05) is 43.3 Å². The van der Waals surface area contributed by atoms with Crippen molar-refractivity contribution in [3.63, 3.8) is 0 Å². The Hall–Kier alpha value is -2.90. The van der Waals surface area contributed by atoms with Gasteiger partial charge in [0.15, 0.2) is 5.17 Å². The summed E-state index contributed by atoms with van der Waals surface area (Å²) >= 11 is 1.15. The Morgan fingerprint density at radius 1 is 0.900 bits per heavy atom. The average Bonchev–Trinajstić information content (AvgIpc) is 3.10. The van der Waals surface area contributed by atoms with Gasteiger partial charge in [-0.15, -0.1) is 4.40 Å². The summed E-state index contributed by atoms with van der Waals surface area (Å²) < 4.78 is 30.0. The molecule has 5 nitrogen and oxygen atoms in total. The lowest BCUT2D eigenvalue weighted by Crippen LogP contribution is -2.30. The van der Waals surface area contributed by atoms with Gasteiger partial charge < -0.3 is 0 Å². The van der Waals surface area contributed by atoms with Crippen molar-refractivity contribution in [2.75, 3.05) is 4.90 Å². The second-order valence-corrected chi connectivity index (χ2v) is 9.44. The number of hydrogen-bond acceptors (Lipinski definition) is 4. The van der Waals surface area contributed by atoms with Crippen LogP contribution in [0.2, 0.25) is 0 Å². The summed E-state index contributed by atoms with van der Waals surface area (Å²) in [5.41, 5.74) is 2.44. The monoisotopic (exact) mass is 436 g/mol. The number of carbonyl (C=O) groups excluding carboxylic acids is 1. The van der Waals surface area contributed by atoms with Gasteiger partial charge in [0.05, 0.1) is 10.6 Å². The first-order chi connectivity index (χ1) is 14.5. The standard InChI is InChI=1S/C23H20N2O3S2/c1-2-17-13-15-20(16-14-17)30(27,28)24-23-25(19-11-7-4-8-12-19)22(26)21(29-23)18-9-5-3-6-10-18/h3-16,21H,2H2,1H3/b24-23+. The molecule has 0 saturated carbocycles. The second kappa shape index (κ2) is 8.45. The lowest BCUT2D eigenvalue weighted by Gasteiger charge is -2.16. The van der Waals surface area contributed by atoms with Crippen molar-refractivity contribution in [1.82, 2.24) is 0 Å². The van der Waals surface area contributed by atoms with E-state index in [9.17, 15) is 13.2 Å². The molecule has 1 aliphatic rings. The predicted octanol–water partition coefficient (Wildman–Crippen LogP) is 4.82. The highest BCUT2D eigenvalue weighted by atomic mass is 32.2. The summed E-state index contributed by atoms with van der Waals surface area (Å²) in [5, 5.41) is -0.401. The molecule has 0 radical (unpaired) electrons. The number of benzene rings is 3. The van der Waals surface area contributed by atoms with Crippen LogP contribution in [0.5, 0.6) is 0 Å². The number of amides is 1. The molecule has 1 heterocycles. The summed E-state index contributed by atoms with van der Waals surface area (Å²) in [6.07, 6.45) is 0.819. The third kappa shape index (κ3) is 4.04. The quantitative estimate of drug-likeness (QED) is 0.575. The number of aryl methyl sites for hydroxylation is 1. The molecule has 3 aromatic carbocycles. The summed E-state index contributed by atoms with van der Waals surface area (Å²) in [7, 11) is -3.97. The van der Waals surface area contributed by atoms with Gasteiger partial charge in [0, 0.05) is 0 Å². The van der Waals surface area contributed by atoms with Crippen molar-refractivity contribution >= 4 is 38.5 Å². The van der Waals surface area contributed by atoms with Gasteiger partial charge in [-0.05, 0) is 41.8 Å². The second-order valence-electron chi connectivity index (χ2n) is 6.76. The van der Waals surface area contributed by atoms with E-state index in [-0.39, 0.29) is 16.0 Å². The maximum absolute atomic E-state index is 13.3. The Morgan fingerprint density at radius 3 is 2.10 bits per heavy atom. The zero-order valence-electron chi connectivity index (χ0n) is 16.3. The van der Waals surface area contributed by atoms with E-state index in [0.717, 1.165) is 29.3 Å². The van der Waals surface area contributed by atoms with E-state index >= 15 is 0 Å². The van der Waals surface area contributed by atoms with Gasteiger partial charge >= 0.3 is 0 Å². The van der Waals surface area contributed by atoms with Crippen molar-refractivity contribution in [1.29, 1.82) is 0 Å². The van der Waals surface area contributed by atoms with Gasteiger partial charge in [-0.3, -0.25) is 9.69 Å². The van der Waals surface area contributed by atoms with Crippen LogP contribution >= 0.6 is 11.8 Å². The number of amidine groups is 1. The van der Waals surface area contributed by atoms with Crippen LogP contribution in [-0.2, 0) is 21.2 Å². The fourth-order valence-electron chi connectivity index (χ4n) is 3.19. The van der Waals surface area contributed by atoms with Crippen LogP contribution in [0.3, 0.4) is 0 Å². The molecular formula is C23H20N2O3S2. The molecule has 0 aromatic heterocycles. The van der Waals surface area contributed by atoms with Crippen molar-refractivity contribution in [3.8, 4) is 0 Å². The molecule has 1 saturated heterocycles. The van der Waals surface area contributed by atoms with Crippen LogP contribution in [0.1, 0.15) is 23.3 Å². The van der Waals surface area contributed by atoms with E-state index in [0.29, 0.717) is 5.69 Å². The molecular weight excluding hydrogens is 416 g/mol. The largest absolute Gasteiger partial charge is 0.284 e. The minimum absolute atomic E-state index is 0.108. The minimum atomic E-state index is -3.97. The number of para-hydroxylation sites is 1. The predicted molar refractivity (Wildman–Crippen MR) is 121 cm³/mol. The lowest BCUT2D eigenvalue weighted by molar-refractivity contribution is -0.117. The molecule has 1 unspecified atom stereocenters. The zero-order valence-corrected chi connectivity index (χ0v) is 17.9. The molecule has 0 N–H and O–H groups in total. The first-order valence-electron chi connectivity index (χ1n) is 9.54. The Morgan fingerprint density at radius 2 is 1.50 bits per heavy atom. The van der Waals surface area contributed by atoms with Crippen LogP contribution < -0.4 is 4.90 Å². The maximum atomic E-state index is 13.3. The molecule has 1 amide bonds. The molecule has 0 aliphatic carbocycles. The van der Waals surface area contributed by atoms with Crippen molar-refractivity contribution in [2.45, 2.75) is 23.5 Å². The topological polar surface area (TPSA) is 66.8 Å². The highest BCUT2D eigenvalue weighted by Gasteiger charge is 2.41. The molecule has 7 heteroatoms. The number of thioether (sulfide) groups is 1. The summed E-state index contributed by atoms with van der Waals surface area (Å²) in [5.74, 6) is -0.215. The smallest absolute Gasteiger partial charge is 0.272 e. The Kier molecular flexibility index (Phi) is 5.74. The maximum Gasteiger partial charge on any atom is 0.284 e. The van der Waals surface area contributed by atoms with Gasteiger partial charge in [0.2, 0.25) is 0 Å². The summed E-state index contributed by atoms with van der Waals surface area (Å²) in [6.45, 7) is 2.01. The third-order valence-electron chi connectivity index (χ3n) is 4.80. The van der Waals surface area contributed by atoms with Crippen LogP contribution in [0.15, 0.2) is 94.2 Å². The first kappa shape index (κ1) is 20.4. The van der Waals surface area contributed by atoms with Gasteiger partial charge in [-0.2, -0.15) is 8.42 Å². The van der Waals surface area contributed by atoms with Crippen LogP contribution in [-0.4, -0.2) is 19.5 Å². The lowest BCUT2D eigenvalue weighted by atomic mass is 10.1. The van der Waals surface area contributed by atoms with E-state index in [2.05, 4.69) is 4.40 Å². The van der Waals surface area contributed by atoms with Gasteiger partial charge in [0.1, 0.15) is 5.25 Å². The third-order valence-corrected chi connectivity index (χ3v) is 7.39. The highest BCUT2D eigenvalue weighted by Crippen LogP contribution is 2.42. The zero-order chi connectivity index (χ0) is 21.1. The van der Waals surface area contributed by atoms with E-state index in [4.69, 9.17) is 0 Å². The van der Waals surface area contributed by atoms with Crippen LogP contribution in [0.25, 0.3) is 0 Å². The van der Waals surface area contributed by atoms with E-state index in [1.165, 1.54) is 4.90 Å². The van der Waals surface area contributed by atoms with Crippen molar-refractivity contribution < 1.29 is 13.2 Å². The van der Waals surface area contributed by atoms with Crippen LogP contribution in [0, 0.1) is 0 Å². The fraction of sp³-hybridized carbons (Fsp3) is 0.130. The number of hydrogen-bond donors (Lipinski definition) is 0. The Bertz CT molecular complexity index is 1180. The normalized spacial score (nSPS) is 18.2. The van der Waals surface area contributed by atoms with Gasteiger partial charge in [0.25, 0.3) is 15.9 Å². The first-order valence-corrected chi connectivity index (χ1v) is 11.9. The van der Waals surface area contributed by atoms with E-state index < -0.39 is 15.3 Å².